The van der Waals surface area contributed by atoms with Gasteiger partial charge in [0.2, 0.25) is 0 Å². The van der Waals surface area contributed by atoms with Crippen molar-refractivity contribution in [3.8, 4) is 0 Å². The van der Waals surface area contributed by atoms with Crippen LogP contribution in [0.5, 0.6) is 0 Å². The van der Waals surface area contributed by atoms with Crippen molar-refractivity contribution in [2.24, 2.45) is 0 Å². The van der Waals surface area contributed by atoms with E-state index in [1.807, 2.05) is 0 Å². The maximum Gasteiger partial charge on any atom is 0.302 e. The average Bonchev–Trinajstić information content (AvgIpc) is 2.46. The van der Waals surface area contributed by atoms with Gasteiger partial charge in [-0.3, -0.25) is 9.59 Å². The molecule has 0 rings (SSSR count). The van der Waals surface area contributed by atoms with Crippen LogP contribution in [-0.4, -0.2) is 65.3 Å². The van der Waals surface area contributed by atoms with E-state index in [1.165, 1.54) is 13.8 Å². The van der Waals surface area contributed by atoms with Gasteiger partial charge in [0.05, 0.1) is 26.4 Å². The molecule has 0 radical (unpaired) electrons. The lowest BCUT2D eigenvalue weighted by atomic mass is 10.4. The lowest BCUT2D eigenvalue weighted by Gasteiger charge is -2.05. The highest BCUT2D eigenvalue weighted by Crippen LogP contribution is 1.88. The first-order valence-corrected chi connectivity index (χ1v) is 7.45. The predicted octanol–water partition coefficient (Wildman–Crippen LogP) is 1.58. The fraction of sp³-hybridized carbons (Fsp3) is 0.867. The molecule has 22 heavy (non-hydrogen) atoms. The van der Waals surface area contributed by atoms with Gasteiger partial charge >= 0.3 is 11.9 Å². The molecule has 7 nitrogen and oxygen atoms in total. The molecule has 0 N–H and O–H groups in total. The number of unbranched alkanes of at least 4 members (excludes halogenated alkanes) is 1. The summed E-state index contributed by atoms with van der Waals surface area (Å²) < 4.78 is 24.2. The van der Waals surface area contributed by atoms with Crippen molar-refractivity contribution in [2.75, 3.05) is 53.4 Å². The van der Waals surface area contributed by atoms with Gasteiger partial charge in [0.1, 0.15) is 13.2 Å². The Kier molecular flexibility index (Phi) is 20.8. The Balaban J connectivity index is 0. The minimum absolute atomic E-state index is 0.262. The van der Waals surface area contributed by atoms with Crippen LogP contribution < -0.4 is 0 Å². The van der Waals surface area contributed by atoms with Gasteiger partial charge in [-0.15, -0.1) is 0 Å². The van der Waals surface area contributed by atoms with E-state index in [0.717, 1.165) is 19.4 Å². The molecule has 0 spiro atoms. The van der Waals surface area contributed by atoms with Gasteiger partial charge in [0, 0.05) is 27.6 Å². The molecule has 0 aromatic rings. The number of carbonyl (C=O) groups is 2. The molecule has 0 aliphatic carbocycles. The van der Waals surface area contributed by atoms with Crippen molar-refractivity contribution >= 4 is 11.9 Å². The van der Waals surface area contributed by atoms with Crippen LogP contribution in [0.1, 0.15) is 33.6 Å². The van der Waals surface area contributed by atoms with Crippen molar-refractivity contribution in [2.45, 2.75) is 33.6 Å². The van der Waals surface area contributed by atoms with E-state index in [-0.39, 0.29) is 11.9 Å². The first kappa shape index (κ1) is 23.1. The second-order valence-corrected chi connectivity index (χ2v) is 4.25. The molecule has 0 saturated heterocycles. The Labute approximate surface area is 133 Å². The maximum atomic E-state index is 10.3. The van der Waals surface area contributed by atoms with Gasteiger partial charge in [-0.2, -0.15) is 0 Å². The van der Waals surface area contributed by atoms with E-state index in [0.29, 0.717) is 39.6 Å². The van der Waals surface area contributed by atoms with Gasteiger partial charge < -0.3 is 23.7 Å². The van der Waals surface area contributed by atoms with Crippen molar-refractivity contribution in [3.63, 3.8) is 0 Å². The van der Waals surface area contributed by atoms with E-state index in [9.17, 15) is 9.59 Å². The van der Waals surface area contributed by atoms with Crippen LogP contribution in [0.3, 0.4) is 0 Å². The van der Waals surface area contributed by atoms with E-state index >= 15 is 0 Å². The minimum atomic E-state index is -0.271. The molecule has 0 aromatic heterocycles. The second-order valence-electron chi connectivity index (χ2n) is 4.25. The van der Waals surface area contributed by atoms with Crippen LogP contribution in [0, 0.1) is 0 Å². The Morgan fingerprint density at radius 1 is 0.727 bits per heavy atom. The molecular formula is C15H30O7. The highest BCUT2D eigenvalue weighted by atomic mass is 16.6. The highest BCUT2D eigenvalue weighted by Gasteiger charge is 1.93. The summed E-state index contributed by atoms with van der Waals surface area (Å²) >= 11 is 0. The van der Waals surface area contributed by atoms with Gasteiger partial charge in [-0.05, 0) is 6.42 Å². The SMILES string of the molecule is CCCCOCCOCCOC(C)=O.COCCOC(C)=O. The third-order valence-corrected chi connectivity index (χ3v) is 2.14. The standard InChI is InChI=1S/C10H20O4.C5H10O3/c1-3-4-5-12-6-7-13-8-9-14-10(2)11;1-5(6)8-4-3-7-2/h3-9H2,1-2H3;3-4H2,1-2H3. The van der Waals surface area contributed by atoms with Crippen molar-refractivity contribution in [1.29, 1.82) is 0 Å². The van der Waals surface area contributed by atoms with Gasteiger partial charge in [-0.25, -0.2) is 0 Å². The number of ether oxygens (including phenoxy) is 5. The van der Waals surface area contributed by atoms with Crippen molar-refractivity contribution in [3.05, 3.63) is 0 Å². The Hall–Kier alpha value is -1.18. The van der Waals surface area contributed by atoms with E-state index < -0.39 is 0 Å². The Morgan fingerprint density at radius 2 is 1.18 bits per heavy atom. The molecule has 132 valence electrons. The molecule has 0 amide bonds. The number of esters is 2. The molecular weight excluding hydrogens is 292 g/mol. The van der Waals surface area contributed by atoms with E-state index in [2.05, 4.69) is 21.1 Å². The lowest BCUT2D eigenvalue weighted by Crippen LogP contribution is -2.11. The molecule has 0 heterocycles. The third kappa shape index (κ3) is 27.2. The molecule has 0 aliphatic heterocycles. The Bertz CT molecular complexity index is 256. The predicted molar refractivity (Wildman–Crippen MR) is 81.7 cm³/mol. The smallest absolute Gasteiger partial charge is 0.302 e. The molecule has 0 atom stereocenters. The number of hydrogen-bond donors (Lipinski definition) is 0. The number of methoxy groups -OCH3 is 1. The first-order chi connectivity index (χ1) is 10.5. The third-order valence-electron chi connectivity index (χ3n) is 2.14. The summed E-state index contributed by atoms with van der Waals surface area (Å²) in [6.45, 7) is 8.43. The monoisotopic (exact) mass is 322 g/mol. The topological polar surface area (TPSA) is 80.3 Å². The molecule has 0 aromatic carbocycles. The van der Waals surface area contributed by atoms with E-state index in [4.69, 9.17) is 9.47 Å². The summed E-state index contributed by atoms with van der Waals surface area (Å²) in [7, 11) is 1.56. The van der Waals surface area contributed by atoms with Crippen LogP contribution in [0.4, 0.5) is 0 Å². The zero-order valence-corrected chi connectivity index (χ0v) is 14.2. The van der Waals surface area contributed by atoms with Gasteiger partial charge in [0.25, 0.3) is 0 Å². The summed E-state index contributed by atoms with van der Waals surface area (Å²) in [4.78, 5) is 20.4. The van der Waals surface area contributed by atoms with Crippen molar-refractivity contribution in [1.82, 2.24) is 0 Å². The van der Waals surface area contributed by atoms with Crippen LogP contribution in [0.25, 0.3) is 0 Å². The average molecular weight is 322 g/mol. The summed E-state index contributed by atoms with van der Waals surface area (Å²) in [5, 5.41) is 0. The van der Waals surface area contributed by atoms with Gasteiger partial charge in [-0.1, -0.05) is 13.3 Å². The van der Waals surface area contributed by atoms with E-state index in [1.54, 1.807) is 7.11 Å². The summed E-state index contributed by atoms with van der Waals surface area (Å²) in [6, 6.07) is 0. The fourth-order valence-corrected chi connectivity index (χ4v) is 1.08. The van der Waals surface area contributed by atoms with Crippen LogP contribution in [0.15, 0.2) is 0 Å². The minimum Gasteiger partial charge on any atom is -0.463 e. The normalized spacial score (nSPS) is 9.64. The first-order valence-electron chi connectivity index (χ1n) is 7.45. The summed E-state index contributed by atoms with van der Waals surface area (Å²) in [5.41, 5.74) is 0. The summed E-state index contributed by atoms with van der Waals surface area (Å²) in [6.07, 6.45) is 2.24. The number of hydrogen-bond acceptors (Lipinski definition) is 7. The van der Waals surface area contributed by atoms with Crippen LogP contribution >= 0.6 is 0 Å². The van der Waals surface area contributed by atoms with Crippen LogP contribution in [-0.2, 0) is 33.3 Å². The second kappa shape index (κ2) is 19.8. The Morgan fingerprint density at radius 3 is 1.64 bits per heavy atom. The van der Waals surface area contributed by atoms with Gasteiger partial charge in [0.15, 0.2) is 0 Å². The molecule has 7 heteroatoms. The zero-order valence-electron chi connectivity index (χ0n) is 14.2. The lowest BCUT2D eigenvalue weighted by molar-refractivity contribution is -0.143. The molecule has 0 aliphatic rings. The highest BCUT2D eigenvalue weighted by molar-refractivity contribution is 5.66. The number of carbonyl (C=O) groups excluding carboxylic acids is 2. The number of rotatable bonds is 12. The fourth-order valence-electron chi connectivity index (χ4n) is 1.08. The van der Waals surface area contributed by atoms with Crippen LogP contribution in [0.2, 0.25) is 0 Å². The maximum absolute atomic E-state index is 10.3. The molecule has 0 saturated carbocycles. The molecule has 0 bridgehead atoms. The zero-order chi connectivity index (χ0) is 17.1. The molecule has 0 unspecified atom stereocenters. The largest absolute Gasteiger partial charge is 0.463 e. The summed E-state index contributed by atoms with van der Waals surface area (Å²) in [5.74, 6) is -0.533. The quantitative estimate of drug-likeness (QED) is 0.398. The molecule has 0 fully saturated rings. The van der Waals surface area contributed by atoms with Crippen molar-refractivity contribution < 1.29 is 33.3 Å².